The molecule has 0 atom stereocenters. The topological polar surface area (TPSA) is 63.9 Å². The Morgan fingerprint density at radius 3 is 2.71 bits per heavy atom. The number of nitrogens with one attached hydrogen (secondary N) is 1. The maximum absolute atomic E-state index is 6.00. The van der Waals surface area contributed by atoms with Crippen LogP contribution in [0.4, 0.5) is 5.69 Å². The highest BCUT2D eigenvalue weighted by molar-refractivity contribution is 5.78. The van der Waals surface area contributed by atoms with Gasteiger partial charge in [-0.25, -0.2) is 0 Å². The molecule has 0 aliphatic rings. The summed E-state index contributed by atoms with van der Waals surface area (Å²) in [6.07, 6.45) is 0.973. The van der Waals surface area contributed by atoms with Gasteiger partial charge in [-0.15, -0.1) is 0 Å². The van der Waals surface area contributed by atoms with Crippen LogP contribution in [0.3, 0.4) is 0 Å². The molecule has 0 radical (unpaired) electrons. The summed E-state index contributed by atoms with van der Waals surface area (Å²) in [6.45, 7) is 4.02. The van der Waals surface area contributed by atoms with Crippen LogP contribution in [-0.2, 0) is 6.42 Å². The van der Waals surface area contributed by atoms with E-state index in [-0.39, 0.29) is 0 Å². The average molecular weight is 231 g/mol. The first kappa shape index (κ1) is 11.5. The van der Waals surface area contributed by atoms with Gasteiger partial charge in [0.15, 0.2) is 0 Å². The fourth-order valence-corrected chi connectivity index (χ4v) is 1.80. The van der Waals surface area contributed by atoms with Gasteiger partial charge in [0.25, 0.3) is 0 Å². The number of benzene rings is 1. The molecule has 4 nitrogen and oxygen atoms in total. The molecule has 0 aliphatic heterocycles. The van der Waals surface area contributed by atoms with Crippen LogP contribution < -0.4 is 10.5 Å². The van der Waals surface area contributed by atoms with E-state index < -0.39 is 0 Å². The number of nitrogens with two attached hydrogens (primary N) is 1. The Morgan fingerprint density at radius 2 is 2.18 bits per heavy atom. The standard InChI is InChI=1S/C13H17N3O/c1-4-9-5-6-11(17-3)10(7-9)13-12(14)8(2)15-16-13/h5-7H,4,14H2,1-3H3,(H,15,16). The zero-order chi connectivity index (χ0) is 12.4. The van der Waals surface area contributed by atoms with Crippen LogP contribution in [0.1, 0.15) is 18.2 Å². The number of nitrogens with zero attached hydrogens (tertiary/aromatic N) is 1. The molecule has 4 heteroatoms. The summed E-state index contributed by atoms with van der Waals surface area (Å²) in [6, 6.07) is 6.08. The first-order valence-corrected chi connectivity index (χ1v) is 5.65. The molecular weight excluding hydrogens is 214 g/mol. The van der Waals surface area contributed by atoms with Gasteiger partial charge in [-0.3, -0.25) is 5.10 Å². The molecule has 2 aromatic rings. The Kier molecular flexibility index (Phi) is 3.04. The van der Waals surface area contributed by atoms with Crippen molar-refractivity contribution in [3.05, 3.63) is 29.5 Å². The number of aryl methyl sites for hydroxylation is 2. The molecule has 0 fully saturated rings. The SMILES string of the molecule is CCc1ccc(OC)c(-c2n[nH]c(C)c2N)c1. The Morgan fingerprint density at radius 1 is 1.41 bits per heavy atom. The third kappa shape index (κ3) is 1.98. The van der Waals surface area contributed by atoms with Crippen molar-refractivity contribution in [1.82, 2.24) is 10.2 Å². The van der Waals surface area contributed by atoms with Gasteiger partial charge in [-0.2, -0.15) is 5.10 Å². The van der Waals surface area contributed by atoms with Crippen molar-refractivity contribution in [1.29, 1.82) is 0 Å². The third-order valence-corrected chi connectivity index (χ3v) is 2.92. The number of ether oxygens (including phenoxy) is 1. The fourth-order valence-electron chi connectivity index (χ4n) is 1.80. The first-order chi connectivity index (χ1) is 8.17. The highest BCUT2D eigenvalue weighted by Gasteiger charge is 2.14. The quantitative estimate of drug-likeness (QED) is 0.853. The lowest BCUT2D eigenvalue weighted by Gasteiger charge is -2.09. The van der Waals surface area contributed by atoms with Crippen molar-refractivity contribution in [2.45, 2.75) is 20.3 Å². The number of hydrogen-bond donors (Lipinski definition) is 2. The molecule has 1 aromatic heterocycles. The summed E-state index contributed by atoms with van der Waals surface area (Å²) < 4.78 is 5.35. The van der Waals surface area contributed by atoms with Crippen LogP contribution in [0, 0.1) is 6.92 Å². The summed E-state index contributed by atoms with van der Waals surface area (Å²) in [5.41, 5.74) is 10.5. The highest BCUT2D eigenvalue weighted by atomic mass is 16.5. The molecular formula is C13H17N3O. The molecule has 2 rings (SSSR count). The minimum atomic E-state index is 0.677. The van der Waals surface area contributed by atoms with Gasteiger partial charge in [0.05, 0.1) is 18.5 Å². The first-order valence-electron chi connectivity index (χ1n) is 5.65. The minimum Gasteiger partial charge on any atom is -0.496 e. The van der Waals surface area contributed by atoms with Crippen molar-refractivity contribution in [3.8, 4) is 17.0 Å². The zero-order valence-corrected chi connectivity index (χ0v) is 10.4. The Bertz CT molecular complexity index is 531. The maximum atomic E-state index is 6.00. The summed E-state index contributed by atoms with van der Waals surface area (Å²) in [4.78, 5) is 0. The molecule has 1 aromatic carbocycles. The second kappa shape index (κ2) is 4.49. The van der Waals surface area contributed by atoms with E-state index in [2.05, 4.69) is 29.3 Å². The van der Waals surface area contributed by atoms with E-state index in [4.69, 9.17) is 10.5 Å². The molecule has 3 N–H and O–H groups in total. The number of nitrogen functional groups attached to an aromatic ring is 1. The molecule has 0 amide bonds. The lowest BCUT2D eigenvalue weighted by Crippen LogP contribution is -1.94. The van der Waals surface area contributed by atoms with Gasteiger partial charge in [0.1, 0.15) is 11.4 Å². The molecule has 0 saturated carbocycles. The number of aromatic nitrogens is 2. The molecule has 17 heavy (non-hydrogen) atoms. The van der Waals surface area contributed by atoms with Crippen LogP contribution in [0.2, 0.25) is 0 Å². The largest absolute Gasteiger partial charge is 0.496 e. The number of methoxy groups -OCH3 is 1. The lowest BCUT2D eigenvalue weighted by atomic mass is 10.0. The number of hydrogen-bond acceptors (Lipinski definition) is 3. The van der Waals surface area contributed by atoms with Gasteiger partial charge in [-0.1, -0.05) is 13.0 Å². The van der Waals surface area contributed by atoms with E-state index in [1.165, 1.54) is 5.56 Å². The Hall–Kier alpha value is -1.97. The summed E-state index contributed by atoms with van der Waals surface area (Å²) in [5.74, 6) is 0.792. The smallest absolute Gasteiger partial charge is 0.128 e. The zero-order valence-electron chi connectivity index (χ0n) is 10.4. The molecule has 0 saturated heterocycles. The Balaban J connectivity index is 2.60. The van der Waals surface area contributed by atoms with Crippen molar-refractivity contribution >= 4 is 5.69 Å². The van der Waals surface area contributed by atoms with Gasteiger partial charge in [0, 0.05) is 5.56 Å². The van der Waals surface area contributed by atoms with E-state index in [9.17, 15) is 0 Å². The molecule has 0 spiro atoms. The van der Waals surface area contributed by atoms with E-state index >= 15 is 0 Å². The number of rotatable bonds is 3. The number of H-pyrrole nitrogens is 1. The van der Waals surface area contributed by atoms with E-state index in [1.54, 1.807) is 7.11 Å². The molecule has 90 valence electrons. The average Bonchev–Trinajstić information content (AvgIpc) is 2.69. The van der Waals surface area contributed by atoms with Gasteiger partial charge in [-0.05, 0) is 31.0 Å². The third-order valence-electron chi connectivity index (χ3n) is 2.92. The maximum Gasteiger partial charge on any atom is 0.128 e. The van der Waals surface area contributed by atoms with Crippen LogP contribution >= 0.6 is 0 Å². The predicted molar refractivity (Wildman–Crippen MR) is 69.1 cm³/mol. The van der Waals surface area contributed by atoms with Gasteiger partial charge < -0.3 is 10.5 Å². The monoisotopic (exact) mass is 231 g/mol. The highest BCUT2D eigenvalue weighted by Crippen LogP contribution is 2.34. The summed E-state index contributed by atoms with van der Waals surface area (Å²) in [5, 5.41) is 7.13. The predicted octanol–water partition coefficient (Wildman–Crippen LogP) is 2.54. The summed E-state index contributed by atoms with van der Waals surface area (Å²) >= 11 is 0. The lowest BCUT2D eigenvalue weighted by molar-refractivity contribution is 0.416. The minimum absolute atomic E-state index is 0.677. The van der Waals surface area contributed by atoms with E-state index in [0.29, 0.717) is 5.69 Å². The van der Waals surface area contributed by atoms with Crippen LogP contribution in [0.25, 0.3) is 11.3 Å². The second-order valence-corrected chi connectivity index (χ2v) is 4.00. The fraction of sp³-hybridized carbons (Fsp3) is 0.308. The Labute approximate surface area is 101 Å². The van der Waals surface area contributed by atoms with E-state index in [0.717, 1.165) is 29.1 Å². The van der Waals surface area contributed by atoms with Crippen molar-refractivity contribution in [3.63, 3.8) is 0 Å². The van der Waals surface area contributed by atoms with Crippen LogP contribution in [0.15, 0.2) is 18.2 Å². The van der Waals surface area contributed by atoms with Crippen LogP contribution in [0.5, 0.6) is 5.75 Å². The van der Waals surface area contributed by atoms with Crippen molar-refractivity contribution < 1.29 is 4.74 Å². The van der Waals surface area contributed by atoms with Gasteiger partial charge in [0.2, 0.25) is 0 Å². The van der Waals surface area contributed by atoms with Crippen molar-refractivity contribution in [2.75, 3.05) is 12.8 Å². The number of aromatic amines is 1. The summed E-state index contributed by atoms with van der Waals surface area (Å²) in [7, 11) is 1.65. The molecule has 0 aliphatic carbocycles. The van der Waals surface area contributed by atoms with Gasteiger partial charge >= 0.3 is 0 Å². The van der Waals surface area contributed by atoms with Crippen molar-refractivity contribution in [2.24, 2.45) is 0 Å². The number of anilines is 1. The van der Waals surface area contributed by atoms with Crippen LogP contribution in [-0.4, -0.2) is 17.3 Å². The second-order valence-electron chi connectivity index (χ2n) is 4.00. The van der Waals surface area contributed by atoms with E-state index in [1.807, 2.05) is 13.0 Å². The molecule has 1 heterocycles. The molecule has 0 unspecified atom stereocenters. The normalized spacial score (nSPS) is 10.5. The molecule has 0 bridgehead atoms.